The van der Waals surface area contributed by atoms with E-state index in [1.807, 2.05) is 48.4 Å². The molecule has 2 aromatic heterocycles. The third-order valence-corrected chi connectivity index (χ3v) is 6.77. The molecule has 0 spiro atoms. The van der Waals surface area contributed by atoms with E-state index in [0.29, 0.717) is 6.42 Å². The van der Waals surface area contributed by atoms with Crippen LogP contribution in [0.4, 0.5) is 0 Å². The molecule has 0 saturated carbocycles. The van der Waals surface area contributed by atoms with E-state index in [2.05, 4.69) is 26.4 Å². The van der Waals surface area contributed by atoms with Gasteiger partial charge in [-0.2, -0.15) is 5.10 Å². The van der Waals surface area contributed by atoms with Crippen LogP contribution in [0.3, 0.4) is 0 Å². The van der Waals surface area contributed by atoms with Crippen molar-refractivity contribution in [3.05, 3.63) is 52.8 Å². The number of aromatic nitrogens is 3. The molecule has 0 aliphatic carbocycles. The largest absolute Gasteiger partial charge is 0.497 e. The Morgan fingerprint density at radius 3 is 2.65 bits per heavy atom. The highest BCUT2D eigenvalue weighted by atomic mass is 32.1. The molecule has 1 aliphatic heterocycles. The summed E-state index contributed by atoms with van der Waals surface area (Å²) in [7, 11) is 3.64. The number of nitrogens with zero attached hydrogens (tertiary/aromatic N) is 4. The minimum Gasteiger partial charge on any atom is -0.497 e. The van der Waals surface area contributed by atoms with Crippen LogP contribution in [0.15, 0.2) is 35.8 Å². The molecule has 1 N–H and O–H groups in total. The number of ether oxygens (including phenoxy) is 1. The Balaban J connectivity index is 1.26. The number of likely N-dealkylation sites (tertiary alicyclic amines) is 1. The van der Waals surface area contributed by atoms with Crippen LogP contribution in [-0.2, 0) is 24.8 Å². The molecule has 1 aromatic carbocycles. The van der Waals surface area contributed by atoms with Crippen molar-refractivity contribution in [1.82, 2.24) is 25.0 Å². The first-order chi connectivity index (χ1) is 15.0. The Hall–Kier alpha value is -2.71. The zero-order chi connectivity index (χ0) is 21.8. The number of thiazole rings is 1. The molecule has 7 nitrogen and oxygen atoms in total. The number of amides is 1. The average molecular weight is 440 g/mol. The second-order valence-electron chi connectivity index (χ2n) is 8.05. The number of rotatable bonds is 7. The number of hydrogen-bond donors (Lipinski definition) is 1. The van der Waals surface area contributed by atoms with Gasteiger partial charge >= 0.3 is 0 Å². The molecule has 0 bridgehead atoms. The van der Waals surface area contributed by atoms with Crippen LogP contribution >= 0.6 is 11.3 Å². The molecule has 0 atom stereocenters. The zero-order valence-electron chi connectivity index (χ0n) is 18.3. The summed E-state index contributed by atoms with van der Waals surface area (Å²) >= 11 is 1.63. The maximum Gasteiger partial charge on any atom is 0.224 e. The van der Waals surface area contributed by atoms with E-state index in [1.54, 1.807) is 18.4 Å². The van der Waals surface area contributed by atoms with E-state index < -0.39 is 0 Å². The summed E-state index contributed by atoms with van der Waals surface area (Å²) < 4.78 is 7.14. The van der Waals surface area contributed by atoms with E-state index in [-0.39, 0.29) is 11.9 Å². The second kappa shape index (κ2) is 9.62. The molecule has 4 rings (SSSR count). The second-order valence-corrected chi connectivity index (χ2v) is 8.91. The van der Waals surface area contributed by atoms with Gasteiger partial charge in [-0.1, -0.05) is 12.1 Å². The van der Waals surface area contributed by atoms with Crippen molar-refractivity contribution in [2.24, 2.45) is 7.05 Å². The van der Waals surface area contributed by atoms with Crippen molar-refractivity contribution in [2.75, 3.05) is 20.2 Å². The lowest BCUT2D eigenvalue weighted by molar-refractivity contribution is -0.121. The summed E-state index contributed by atoms with van der Waals surface area (Å²) in [6, 6.07) is 10.1. The van der Waals surface area contributed by atoms with Crippen molar-refractivity contribution in [1.29, 1.82) is 0 Å². The van der Waals surface area contributed by atoms with Gasteiger partial charge in [0.1, 0.15) is 11.4 Å². The summed E-state index contributed by atoms with van der Waals surface area (Å²) in [5.41, 5.74) is 6.09. The highest BCUT2D eigenvalue weighted by molar-refractivity contribution is 7.13. The van der Waals surface area contributed by atoms with Gasteiger partial charge in [0, 0.05) is 32.7 Å². The van der Waals surface area contributed by atoms with Crippen LogP contribution in [0.25, 0.3) is 10.6 Å². The van der Waals surface area contributed by atoms with E-state index in [9.17, 15) is 4.79 Å². The van der Waals surface area contributed by atoms with Gasteiger partial charge in [-0.3, -0.25) is 14.4 Å². The van der Waals surface area contributed by atoms with Gasteiger partial charge in [0.25, 0.3) is 0 Å². The van der Waals surface area contributed by atoms with Gasteiger partial charge in [0.05, 0.1) is 35.3 Å². The predicted molar refractivity (Wildman–Crippen MR) is 122 cm³/mol. The summed E-state index contributed by atoms with van der Waals surface area (Å²) in [6.45, 7) is 4.82. The maximum absolute atomic E-state index is 12.4. The van der Waals surface area contributed by atoms with E-state index >= 15 is 0 Å². The fraction of sp³-hybridized carbons (Fsp3) is 0.435. The molecule has 3 heterocycles. The fourth-order valence-electron chi connectivity index (χ4n) is 3.98. The highest BCUT2D eigenvalue weighted by Crippen LogP contribution is 2.27. The van der Waals surface area contributed by atoms with Crippen LogP contribution < -0.4 is 10.1 Å². The lowest BCUT2D eigenvalue weighted by Crippen LogP contribution is -2.44. The predicted octanol–water partition coefficient (Wildman–Crippen LogP) is 3.18. The van der Waals surface area contributed by atoms with Gasteiger partial charge in [-0.05, 0) is 43.5 Å². The van der Waals surface area contributed by atoms with Crippen molar-refractivity contribution in [2.45, 2.75) is 38.8 Å². The van der Waals surface area contributed by atoms with Crippen molar-refractivity contribution >= 4 is 17.2 Å². The molecule has 0 radical (unpaired) electrons. The summed E-state index contributed by atoms with van der Waals surface area (Å²) in [6.07, 6.45) is 2.33. The Morgan fingerprint density at radius 1 is 1.26 bits per heavy atom. The lowest BCUT2D eigenvalue weighted by atomic mass is 10.0. The maximum atomic E-state index is 12.4. The van der Waals surface area contributed by atoms with Gasteiger partial charge in [-0.15, -0.1) is 11.3 Å². The SMILES string of the molecule is COc1ccc(CC(=O)NC2CCN(Cc3cc(-c4scnc4C)nn3C)CC2)cc1. The number of nitrogens with one attached hydrogen (secondary N) is 1. The summed E-state index contributed by atoms with van der Waals surface area (Å²) in [4.78, 5) is 20.3. The standard InChI is InChI=1S/C23H29N5O2S/c1-16-23(31-15-24-16)21-13-19(27(2)26-21)14-28-10-8-18(9-11-28)25-22(29)12-17-4-6-20(30-3)7-5-17/h4-7,13,15,18H,8-12,14H2,1-3H3,(H,25,29). The number of hydrogen-bond acceptors (Lipinski definition) is 6. The number of methoxy groups -OCH3 is 1. The molecule has 1 saturated heterocycles. The van der Waals surface area contributed by atoms with Crippen LogP contribution in [0.5, 0.6) is 5.75 Å². The van der Waals surface area contributed by atoms with Crippen LogP contribution in [0, 0.1) is 6.92 Å². The first kappa shape index (κ1) is 21.5. The first-order valence-corrected chi connectivity index (χ1v) is 11.5. The molecule has 3 aromatic rings. The normalized spacial score (nSPS) is 15.2. The molecule has 8 heteroatoms. The third-order valence-electron chi connectivity index (χ3n) is 5.82. The minimum absolute atomic E-state index is 0.0832. The first-order valence-electron chi connectivity index (χ1n) is 10.6. The van der Waals surface area contributed by atoms with Crippen LogP contribution in [0.1, 0.15) is 29.8 Å². The number of carbonyl (C=O) groups excluding carboxylic acids is 1. The Kier molecular flexibility index (Phi) is 6.67. The third kappa shape index (κ3) is 5.32. The smallest absolute Gasteiger partial charge is 0.224 e. The topological polar surface area (TPSA) is 72.3 Å². The van der Waals surface area contributed by atoms with Crippen molar-refractivity contribution in [3.63, 3.8) is 0 Å². The van der Waals surface area contributed by atoms with E-state index in [4.69, 9.17) is 4.74 Å². The van der Waals surface area contributed by atoms with Gasteiger partial charge in [-0.25, -0.2) is 4.98 Å². The molecule has 1 amide bonds. The highest BCUT2D eigenvalue weighted by Gasteiger charge is 2.22. The number of carbonyl (C=O) groups is 1. The zero-order valence-corrected chi connectivity index (χ0v) is 19.1. The Bertz CT molecular complexity index is 1020. The molecular weight excluding hydrogens is 410 g/mol. The molecule has 164 valence electrons. The van der Waals surface area contributed by atoms with Gasteiger partial charge in [0.2, 0.25) is 5.91 Å². The van der Waals surface area contributed by atoms with Crippen molar-refractivity contribution in [3.8, 4) is 16.3 Å². The van der Waals surface area contributed by atoms with E-state index in [1.165, 1.54) is 5.69 Å². The van der Waals surface area contributed by atoms with Gasteiger partial charge < -0.3 is 10.1 Å². The summed E-state index contributed by atoms with van der Waals surface area (Å²) in [5.74, 6) is 0.888. The minimum atomic E-state index is 0.0832. The lowest BCUT2D eigenvalue weighted by Gasteiger charge is -2.32. The Morgan fingerprint density at radius 2 is 2.00 bits per heavy atom. The van der Waals surface area contributed by atoms with E-state index in [0.717, 1.165) is 60.1 Å². The van der Waals surface area contributed by atoms with Crippen LogP contribution in [0.2, 0.25) is 0 Å². The number of piperidine rings is 1. The Labute approximate surface area is 187 Å². The molecule has 31 heavy (non-hydrogen) atoms. The van der Waals surface area contributed by atoms with Crippen molar-refractivity contribution < 1.29 is 9.53 Å². The average Bonchev–Trinajstić information content (AvgIpc) is 3.35. The molecule has 1 aliphatic rings. The number of benzene rings is 1. The van der Waals surface area contributed by atoms with Gasteiger partial charge in [0.15, 0.2) is 0 Å². The fourth-order valence-corrected chi connectivity index (χ4v) is 4.74. The quantitative estimate of drug-likeness (QED) is 0.612. The molecular formula is C23H29N5O2S. The molecule has 1 fully saturated rings. The van der Waals surface area contributed by atoms with Crippen LogP contribution in [-0.4, -0.2) is 51.8 Å². The number of aryl methyl sites for hydroxylation is 2. The summed E-state index contributed by atoms with van der Waals surface area (Å²) in [5, 5.41) is 7.88. The molecule has 0 unspecified atom stereocenters. The monoisotopic (exact) mass is 439 g/mol.